The number of hydrogen-bond acceptors (Lipinski definition) is 3. The molecular formula is C20H25ClLiO3P. The van der Waals surface area contributed by atoms with E-state index in [0.717, 1.165) is 29.7 Å². The number of carbonyl (C=O) groups excluding carboxylic acids is 1. The average molecular weight is 387 g/mol. The van der Waals surface area contributed by atoms with Gasteiger partial charge >= 0.3 is 18.9 Å². The fourth-order valence-electron chi connectivity index (χ4n) is 2.57. The summed E-state index contributed by atoms with van der Waals surface area (Å²) < 4.78 is 11.5. The van der Waals surface area contributed by atoms with Gasteiger partial charge in [0.1, 0.15) is 5.75 Å². The van der Waals surface area contributed by atoms with Crippen LogP contribution in [0.4, 0.5) is 0 Å². The number of carbonyl (C=O) groups is 1. The molecule has 0 bridgehead atoms. The summed E-state index contributed by atoms with van der Waals surface area (Å²) in [5.74, 6) is 0.409. The van der Waals surface area contributed by atoms with Crippen LogP contribution in [-0.4, -0.2) is 38.9 Å². The second-order valence-electron chi connectivity index (χ2n) is 5.69. The first kappa shape index (κ1) is 23.2. The first-order valence-corrected chi connectivity index (χ1v) is 10.2. The summed E-state index contributed by atoms with van der Waals surface area (Å²) in [4.78, 5) is 11.4. The quantitative estimate of drug-likeness (QED) is 0.262. The van der Waals surface area contributed by atoms with Gasteiger partial charge in [-0.15, -0.1) is 0 Å². The topological polar surface area (TPSA) is 35.5 Å². The summed E-state index contributed by atoms with van der Waals surface area (Å²) in [6.07, 6.45) is 5.38. The summed E-state index contributed by atoms with van der Waals surface area (Å²) in [6, 6.07) is 13.7. The van der Waals surface area contributed by atoms with Crippen LogP contribution in [0.2, 0.25) is 5.02 Å². The molecule has 1 unspecified atom stereocenters. The van der Waals surface area contributed by atoms with Gasteiger partial charge in [0.05, 0.1) is 32.5 Å². The third-order valence-electron chi connectivity index (χ3n) is 3.83. The van der Waals surface area contributed by atoms with E-state index in [-0.39, 0.29) is 18.9 Å². The molecule has 1 atom stereocenters. The number of benzene rings is 2. The van der Waals surface area contributed by atoms with E-state index in [1.54, 1.807) is 0 Å². The zero-order valence-corrected chi connectivity index (χ0v) is 16.4. The minimum atomic E-state index is -1.03. The maximum atomic E-state index is 11.4. The third kappa shape index (κ3) is 6.41. The molecule has 0 aliphatic heterocycles. The predicted octanol–water partition coefficient (Wildman–Crippen LogP) is 4.46. The minimum absolute atomic E-state index is 0. The van der Waals surface area contributed by atoms with Gasteiger partial charge in [0.15, 0.2) is 6.29 Å². The first-order valence-electron chi connectivity index (χ1n) is 8.52. The molecule has 2 aromatic carbocycles. The van der Waals surface area contributed by atoms with Gasteiger partial charge in [-0.2, -0.15) is 0 Å². The molecule has 0 amide bonds. The Kier molecular flexibility index (Phi) is 11.2. The Bertz CT molecular complexity index is 682. The van der Waals surface area contributed by atoms with Gasteiger partial charge < -0.3 is 9.26 Å². The van der Waals surface area contributed by atoms with Crippen molar-refractivity contribution in [3.63, 3.8) is 0 Å². The van der Waals surface area contributed by atoms with Crippen LogP contribution in [0, 0.1) is 0 Å². The summed E-state index contributed by atoms with van der Waals surface area (Å²) in [7, 11) is 0.486. The van der Waals surface area contributed by atoms with E-state index in [1.807, 2.05) is 30.3 Å². The van der Waals surface area contributed by atoms with Gasteiger partial charge in [0.25, 0.3) is 0 Å². The van der Waals surface area contributed by atoms with E-state index in [0.29, 0.717) is 22.9 Å². The normalized spacial score (nSPS) is 11.5. The fourth-order valence-corrected chi connectivity index (χ4v) is 4.80. The summed E-state index contributed by atoms with van der Waals surface area (Å²) in [5, 5.41) is 2.45. The second-order valence-corrected chi connectivity index (χ2v) is 7.98. The zero-order valence-electron chi connectivity index (χ0n) is 14.7. The molecule has 0 N–H and O–H groups in total. The molecule has 136 valence electrons. The Morgan fingerprint density at radius 3 is 2.42 bits per heavy atom. The molecule has 0 fully saturated rings. The van der Waals surface area contributed by atoms with E-state index < -0.39 is 8.15 Å². The summed E-state index contributed by atoms with van der Waals surface area (Å²) in [5.41, 5.74) is 0.447. The Labute approximate surface area is 174 Å². The Morgan fingerprint density at radius 1 is 1.08 bits per heavy atom. The van der Waals surface area contributed by atoms with Crippen LogP contribution in [0.3, 0.4) is 0 Å². The number of methoxy groups -OCH3 is 1. The van der Waals surface area contributed by atoms with Crippen LogP contribution in [0.25, 0.3) is 0 Å². The molecule has 0 radical (unpaired) electrons. The van der Waals surface area contributed by atoms with Crippen LogP contribution in [0.15, 0.2) is 42.5 Å². The number of aldehydes is 1. The molecule has 2 rings (SSSR count). The number of unbranched alkanes of at least 4 members (excludes halogenated alkanes) is 3. The van der Waals surface area contributed by atoms with Crippen LogP contribution in [-0.2, 0) is 4.52 Å². The third-order valence-corrected chi connectivity index (χ3v) is 6.05. The van der Waals surface area contributed by atoms with Crippen LogP contribution < -0.4 is 15.3 Å². The standard InChI is InChI=1S/C20H24ClO3P.Li.H/c1-3-4-5-9-12-24-25(17-10-7-6-8-11-17)18-13-16(15-22)20(23-2)19(21)14-18;;/h6-8,10-11,13-15H,3-5,9,12H2,1-2H3;;. The number of ether oxygens (including phenoxy) is 1. The second kappa shape index (κ2) is 12.6. The first-order chi connectivity index (χ1) is 12.2. The van der Waals surface area contributed by atoms with Gasteiger partial charge in [-0.05, 0) is 18.6 Å². The molecule has 26 heavy (non-hydrogen) atoms. The van der Waals surface area contributed by atoms with Crippen molar-refractivity contribution in [1.82, 2.24) is 0 Å². The Balaban J connectivity index is 0.00000338. The molecule has 0 spiro atoms. The Hall–Kier alpha value is -0.813. The van der Waals surface area contributed by atoms with E-state index in [4.69, 9.17) is 20.9 Å². The van der Waals surface area contributed by atoms with Crippen molar-refractivity contribution in [2.24, 2.45) is 0 Å². The van der Waals surface area contributed by atoms with Crippen LogP contribution in [0.1, 0.15) is 43.0 Å². The SMILES string of the molecule is CCCCCCOP(c1ccccc1)c1cc(Cl)c(OC)c(C=O)c1.[LiH]. The molecule has 0 aromatic heterocycles. The molecular weight excluding hydrogens is 362 g/mol. The number of halogens is 1. The molecule has 0 heterocycles. The van der Waals surface area contributed by atoms with E-state index >= 15 is 0 Å². The van der Waals surface area contributed by atoms with Gasteiger partial charge in [-0.1, -0.05) is 68.1 Å². The molecule has 2 aromatic rings. The van der Waals surface area contributed by atoms with Crippen LogP contribution >= 0.6 is 19.7 Å². The predicted molar refractivity (Wildman–Crippen MR) is 113 cm³/mol. The van der Waals surface area contributed by atoms with Gasteiger partial charge in [0, 0.05) is 10.6 Å². The van der Waals surface area contributed by atoms with Gasteiger partial charge in [-0.25, -0.2) is 0 Å². The van der Waals surface area contributed by atoms with Crippen LogP contribution in [0.5, 0.6) is 5.75 Å². The number of rotatable bonds is 10. The fraction of sp³-hybridized carbons (Fsp3) is 0.350. The molecule has 0 saturated carbocycles. The average Bonchev–Trinajstić information content (AvgIpc) is 2.64. The summed E-state index contributed by atoms with van der Waals surface area (Å²) in [6.45, 7) is 2.89. The van der Waals surface area contributed by atoms with Crippen molar-refractivity contribution >= 4 is 55.5 Å². The van der Waals surface area contributed by atoms with E-state index in [9.17, 15) is 4.79 Å². The number of hydrogen-bond donors (Lipinski definition) is 0. The maximum absolute atomic E-state index is 11.4. The van der Waals surface area contributed by atoms with Crippen molar-refractivity contribution in [3.8, 4) is 5.75 Å². The molecule has 0 aliphatic rings. The van der Waals surface area contributed by atoms with Crippen molar-refractivity contribution in [1.29, 1.82) is 0 Å². The van der Waals surface area contributed by atoms with Crippen molar-refractivity contribution < 1.29 is 14.1 Å². The Morgan fingerprint density at radius 2 is 1.81 bits per heavy atom. The monoisotopic (exact) mass is 386 g/mol. The zero-order chi connectivity index (χ0) is 18.1. The molecule has 0 saturated heterocycles. The molecule has 3 nitrogen and oxygen atoms in total. The van der Waals surface area contributed by atoms with E-state index in [2.05, 4.69) is 19.1 Å². The molecule has 0 aliphatic carbocycles. The van der Waals surface area contributed by atoms with Crippen molar-refractivity contribution in [2.75, 3.05) is 13.7 Å². The summed E-state index contributed by atoms with van der Waals surface area (Å²) >= 11 is 6.32. The van der Waals surface area contributed by atoms with Gasteiger partial charge in [0.2, 0.25) is 0 Å². The van der Waals surface area contributed by atoms with Crippen molar-refractivity contribution in [3.05, 3.63) is 53.1 Å². The van der Waals surface area contributed by atoms with Gasteiger partial charge in [-0.3, -0.25) is 4.79 Å². The van der Waals surface area contributed by atoms with E-state index in [1.165, 1.54) is 20.0 Å². The molecule has 6 heteroatoms. The van der Waals surface area contributed by atoms with Crippen molar-refractivity contribution in [2.45, 2.75) is 32.6 Å².